The van der Waals surface area contributed by atoms with Crippen molar-refractivity contribution in [3.63, 3.8) is 0 Å². The molecule has 2 aromatic rings. The molecule has 1 aromatic heterocycles. The zero-order valence-electron chi connectivity index (χ0n) is 15.4. The molecule has 0 bridgehead atoms. The lowest BCUT2D eigenvalue weighted by Gasteiger charge is -2.15. The second kappa shape index (κ2) is 7.70. The molecule has 0 radical (unpaired) electrons. The molecule has 0 saturated heterocycles. The molecule has 1 aliphatic heterocycles. The Morgan fingerprint density at radius 3 is 2.92 bits per heavy atom. The van der Waals surface area contributed by atoms with Crippen LogP contribution in [0.1, 0.15) is 22.6 Å². The number of rotatable bonds is 6. The van der Waals surface area contributed by atoms with E-state index in [-0.39, 0.29) is 17.9 Å². The zero-order chi connectivity index (χ0) is 18.7. The number of fused-ring (bicyclic) bond motifs is 1. The Kier molecular flexibility index (Phi) is 5.37. The molecule has 1 aliphatic rings. The van der Waals surface area contributed by atoms with Crippen molar-refractivity contribution in [2.45, 2.75) is 26.4 Å². The molecule has 1 N–H and O–H groups in total. The number of amides is 1. The molecule has 0 saturated carbocycles. The molecule has 0 spiro atoms. The van der Waals surface area contributed by atoms with Crippen LogP contribution < -0.4 is 10.3 Å². The predicted octanol–water partition coefficient (Wildman–Crippen LogP) is 1.10. The van der Waals surface area contributed by atoms with E-state index in [1.807, 2.05) is 38.4 Å². The first-order chi connectivity index (χ1) is 12.4. The topological polar surface area (TPSA) is 78.5 Å². The lowest BCUT2D eigenvalue weighted by Crippen LogP contribution is -2.27. The Balaban J connectivity index is 1.62. The maximum Gasteiger partial charge on any atom is 0.256 e. The number of nitrogens with zero attached hydrogens (tertiary/aromatic N) is 3. The van der Waals surface area contributed by atoms with Crippen LogP contribution in [0.4, 0.5) is 0 Å². The van der Waals surface area contributed by atoms with Gasteiger partial charge in [-0.25, -0.2) is 4.98 Å². The lowest BCUT2D eigenvalue weighted by molar-refractivity contribution is -0.131. The SMILES string of the molecule is Cc1nc2c(c(=O)[nH]1)CN(C(=O)Cc1cccc(OCCN(C)C)c1)C2. The number of carbonyl (C=O) groups excluding carboxylic acids is 1. The first-order valence-electron chi connectivity index (χ1n) is 8.65. The van der Waals surface area contributed by atoms with Crippen LogP contribution in [-0.2, 0) is 24.3 Å². The van der Waals surface area contributed by atoms with Crippen molar-refractivity contribution >= 4 is 5.91 Å². The van der Waals surface area contributed by atoms with Gasteiger partial charge in [0, 0.05) is 6.54 Å². The summed E-state index contributed by atoms with van der Waals surface area (Å²) < 4.78 is 5.72. The highest BCUT2D eigenvalue weighted by molar-refractivity contribution is 5.79. The van der Waals surface area contributed by atoms with Crippen molar-refractivity contribution in [3.05, 3.63) is 57.3 Å². The molecule has 1 aromatic carbocycles. The minimum Gasteiger partial charge on any atom is -0.492 e. The summed E-state index contributed by atoms with van der Waals surface area (Å²) >= 11 is 0. The Bertz CT molecular complexity index is 860. The van der Waals surface area contributed by atoms with Gasteiger partial charge >= 0.3 is 0 Å². The lowest BCUT2D eigenvalue weighted by atomic mass is 10.1. The number of likely N-dealkylation sites (N-methyl/N-ethyl adjacent to an activating group) is 1. The van der Waals surface area contributed by atoms with Crippen molar-refractivity contribution in [1.82, 2.24) is 19.8 Å². The molecule has 0 atom stereocenters. The van der Waals surface area contributed by atoms with Gasteiger partial charge in [0.15, 0.2) is 0 Å². The number of hydrogen-bond donors (Lipinski definition) is 1. The molecule has 1 amide bonds. The van der Waals surface area contributed by atoms with E-state index in [4.69, 9.17) is 4.74 Å². The van der Waals surface area contributed by atoms with Crippen LogP contribution in [0, 0.1) is 6.92 Å². The Morgan fingerprint density at radius 1 is 1.35 bits per heavy atom. The Hall–Kier alpha value is -2.67. The monoisotopic (exact) mass is 356 g/mol. The third-order valence-electron chi connectivity index (χ3n) is 4.32. The van der Waals surface area contributed by atoms with Gasteiger partial charge in [0.2, 0.25) is 5.91 Å². The molecule has 138 valence electrons. The van der Waals surface area contributed by atoms with Crippen molar-refractivity contribution in [1.29, 1.82) is 0 Å². The smallest absolute Gasteiger partial charge is 0.256 e. The molecule has 26 heavy (non-hydrogen) atoms. The molecule has 7 heteroatoms. The van der Waals surface area contributed by atoms with Gasteiger partial charge in [-0.15, -0.1) is 0 Å². The minimum atomic E-state index is -0.154. The van der Waals surface area contributed by atoms with Gasteiger partial charge in [0.1, 0.15) is 18.2 Å². The van der Waals surface area contributed by atoms with Crippen molar-refractivity contribution in [2.24, 2.45) is 0 Å². The number of hydrogen-bond acceptors (Lipinski definition) is 5. The Morgan fingerprint density at radius 2 is 2.15 bits per heavy atom. The van der Waals surface area contributed by atoms with Crippen LogP contribution in [0.15, 0.2) is 29.1 Å². The highest BCUT2D eigenvalue weighted by Gasteiger charge is 2.27. The fraction of sp³-hybridized carbons (Fsp3) is 0.421. The number of ether oxygens (including phenoxy) is 1. The first-order valence-corrected chi connectivity index (χ1v) is 8.65. The van der Waals surface area contributed by atoms with Gasteiger partial charge in [-0.2, -0.15) is 0 Å². The summed E-state index contributed by atoms with van der Waals surface area (Å²) in [6.07, 6.45) is 0.274. The van der Waals surface area contributed by atoms with Gasteiger partial charge < -0.3 is 19.5 Å². The fourth-order valence-electron chi connectivity index (χ4n) is 2.94. The molecule has 2 heterocycles. The second-order valence-corrected chi connectivity index (χ2v) is 6.80. The highest BCUT2D eigenvalue weighted by atomic mass is 16.5. The number of aromatic amines is 1. The number of aromatic nitrogens is 2. The highest BCUT2D eigenvalue weighted by Crippen LogP contribution is 2.20. The molecule has 0 fully saturated rings. The zero-order valence-corrected chi connectivity index (χ0v) is 15.4. The van der Waals surface area contributed by atoms with Crippen LogP contribution in [0.5, 0.6) is 5.75 Å². The van der Waals surface area contributed by atoms with Gasteiger partial charge in [0.05, 0.1) is 30.8 Å². The average molecular weight is 356 g/mol. The van der Waals surface area contributed by atoms with Crippen LogP contribution in [0.25, 0.3) is 0 Å². The van der Waals surface area contributed by atoms with E-state index in [2.05, 4.69) is 14.9 Å². The van der Waals surface area contributed by atoms with Crippen LogP contribution >= 0.6 is 0 Å². The summed E-state index contributed by atoms with van der Waals surface area (Å²) in [6.45, 7) is 3.87. The summed E-state index contributed by atoms with van der Waals surface area (Å²) in [5, 5.41) is 0. The number of benzene rings is 1. The van der Waals surface area contributed by atoms with Crippen LogP contribution in [0.2, 0.25) is 0 Å². The minimum absolute atomic E-state index is 0.0227. The maximum atomic E-state index is 12.6. The largest absolute Gasteiger partial charge is 0.492 e. The van der Waals surface area contributed by atoms with Gasteiger partial charge in [-0.1, -0.05) is 12.1 Å². The fourth-order valence-corrected chi connectivity index (χ4v) is 2.94. The average Bonchev–Trinajstić information content (AvgIpc) is 2.99. The van der Waals surface area contributed by atoms with Crippen molar-refractivity contribution < 1.29 is 9.53 Å². The molecular weight excluding hydrogens is 332 g/mol. The number of H-pyrrole nitrogens is 1. The Labute approximate surface area is 152 Å². The van der Waals surface area contributed by atoms with Gasteiger partial charge in [-0.3, -0.25) is 9.59 Å². The maximum absolute atomic E-state index is 12.6. The molecule has 7 nitrogen and oxygen atoms in total. The van der Waals surface area contributed by atoms with Gasteiger partial charge in [-0.05, 0) is 38.7 Å². The summed E-state index contributed by atoms with van der Waals surface area (Å²) in [4.78, 5) is 35.4. The van der Waals surface area contributed by atoms with E-state index in [1.54, 1.807) is 11.8 Å². The van der Waals surface area contributed by atoms with E-state index in [1.165, 1.54) is 0 Å². The first kappa shape index (κ1) is 18.1. The van der Waals surface area contributed by atoms with E-state index in [0.29, 0.717) is 36.8 Å². The summed E-state index contributed by atoms with van der Waals surface area (Å²) in [6, 6.07) is 7.59. The standard InChI is InChI=1S/C19H24N4O3/c1-13-20-17-12-23(11-16(17)19(25)21-13)18(24)10-14-5-4-6-15(9-14)26-8-7-22(2)3/h4-6,9H,7-8,10-12H2,1-3H3,(H,20,21,25). The number of aryl methyl sites for hydroxylation is 1. The van der Waals surface area contributed by atoms with Crippen molar-refractivity contribution in [3.8, 4) is 5.75 Å². The van der Waals surface area contributed by atoms with Gasteiger partial charge in [0.25, 0.3) is 5.56 Å². The third-order valence-corrected chi connectivity index (χ3v) is 4.32. The van der Waals surface area contributed by atoms with E-state index >= 15 is 0 Å². The molecular formula is C19H24N4O3. The molecule has 0 unspecified atom stereocenters. The van der Waals surface area contributed by atoms with E-state index in [0.717, 1.165) is 17.9 Å². The van der Waals surface area contributed by atoms with Crippen LogP contribution in [0.3, 0.4) is 0 Å². The quantitative estimate of drug-likeness (QED) is 0.839. The number of carbonyl (C=O) groups is 1. The normalized spacial score (nSPS) is 13.2. The number of nitrogens with one attached hydrogen (secondary N) is 1. The van der Waals surface area contributed by atoms with E-state index in [9.17, 15) is 9.59 Å². The van der Waals surface area contributed by atoms with Crippen molar-refractivity contribution in [2.75, 3.05) is 27.2 Å². The van der Waals surface area contributed by atoms with Crippen LogP contribution in [-0.4, -0.2) is 52.9 Å². The summed E-state index contributed by atoms with van der Waals surface area (Å²) in [5.41, 5.74) is 2.02. The summed E-state index contributed by atoms with van der Waals surface area (Å²) in [7, 11) is 3.99. The second-order valence-electron chi connectivity index (χ2n) is 6.80. The third kappa shape index (κ3) is 4.29. The molecule has 0 aliphatic carbocycles. The van der Waals surface area contributed by atoms with E-state index < -0.39 is 0 Å². The predicted molar refractivity (Wildman–Crippen MR) is 98.0 cm³/mol. The summed E-state index contributed by atoms with van der Waals surface area (Å²) in [5.74, 6) is 1.31. The molecule has 3 rings (SSSR count).